The average molecular weight is 576 g/mol. The molecule has 0 heterocycles. The summed E-state index contributed by atoms with van der Waals surface area (Å²) < 4.78 is 5.86. The quantitative estimate of drug-likeness (QED) is 0.170. The SMILES string of the molecule is O=C(O)c1cc(C(=O)O)c(C(=O)N(Cc2ccc(Oc3ccccc3)cc2)Cc2cccc3ccccc23)cc1C(=O)O. The predicted molar refractivity (Wildman–Crippen MR) is 158 cm³/mol. The van der Waals surface area contributed by atoms with E-state index in [0.717, 1.165) is 22.4 Å². The fraction of sp³-hybridized carbons (Fsp3) is 0.0588. The van der Waals surface area contributed by atoms with Crippen LogP contribution in [-0.4, -0.2) is 44.0 Å². The van der Waals surface area contributed by atoms with Crippen LogP contribution in [0.1, 0.15) is 52.6 Å². The molecule has 0 aliphatic rings. The van der Waals surface area contributed by atoms with Crippen molar-refractivity contribution in [3.63, 3.8) is 0 Å². The Morgan fingerprint density at radius 1 is 0.558 bits per heavy atom. The molecule has 0 aliphatic carbocycles. The molecule has 5 aromatic rings. The van der Waals surface area contributed by atoms with Crippen molar-refractivity contribution in [2.75, 3.05) is 0 Å². The van der Waals surface area contributed by atoms with Crippen molar-refractivity contribution in [1.29, 1.82) is 0 Å². The average Bonchev–Trinajstić information content (AvgIpc) is 3.01. The Balaban J connectivity index is 1.55. The second kappa shape index (κ2) is 12.3. The molecule has 3 N–H and O–H groups in total. The highest BCUT2D eigenvalue weighted by molar-refractivity contribution is 6.10. The molecule has 0 radical (unpaired) electrons. The molecule has 0 unspecified atom stereocenters. The van der Waals surface area contributed by atoms with E-state index in [1.807, 2.05) is 72.8 Å². The minimum absolute atomic E-state index is 0.0375. The van der Waals surface area contributed by atoms with Gasteiger partial charge in [0.2, 0.25) is 0 Å². The van der Waals surface area contributed by atoms with E-state index in [4.69, 9.17) is 4.74 Å². The lowest BCUT2D eigenvalue weighted by Crippen LogP contribution is -2.32. The Hall–Kier alpha value is -5.96. The number of aromatic carboxylic acids is 3. The molecule has 0 spiro atoms. The summed E-state index contributed by atoms with van der Waals surface area (Å²) in [5.41, 5.74) is -0.968. The monoisotopic (exact) mass is 575 g/mol. The van der Waals surface area contributed by atoms with Crippen LogP contribution in [0.4, 0.5) is 0 Å². The first-order chi connectivity index (χ1) is 20.7. The zero-order valence-corrected chi connectivity index (χ0v) is 22.6. The summed E-state index contributed by atoms with van der Waals surface area (Å²) in [5.74, 6) is -4.32. The van der Waals surface area contributed by atoms with Crippen molar-refractivity contribution in [3.05, 3.63) is 143 Å². The van der Waals surface area contributed by atoms with Gasteiger partial charge in [-0.1, -0.05) is 72.8 Å². The van der Waals surface area contributed by atoms with Crippen LogP contribution in [0.25, 0.3) is 10.8 Å². The topological polar surface area (TPSA) is 141 Å². The normalized spacial score (nSPS) is 10.7. The Labute approximate surface area is 245 Å². The molecule has 9 nitrogen and oxygen atoms in total. The number of carboxylic acids is 3. The molecular formula is C34H25NO8. The lowest BCUT2D eigenvalue weighted by molar-refractivity contribution is 0.0643. The van der Waals surface area contributed by atoms with Gasteiger partial charge in [-0.3, -0.25) is 4.79 Å². The summed E-state index contributed by atoms with van der Waals surface area (Å²) >= 11 is 0. The molecule has 0 fully saturated rings. The van der Waals surface area contributed by atoms with Gasteiger partial charge in [0.1, 0.15) is 11.5 Å². The largest absolute Gasteiger partial charge is 0.478 e. The molecule has 0 aromatic heterocycles. The van der Waals surface area contributed by atoms with Crippen molar-refractivity contribution < 1.29 is 39.2 Å². The molecular weight excluding hydrogens is 550 g/mol. The lowest BCUT2D eigenvalue weighted by Gasteiger charge is -2.25. The van der Waals surface area contributed by atoms with Crippen molar-refractivity contribution >= 4 is 34.6 Å². The number of ether oxygens (including phenoxy) is 1. The van der Waals surface area contributed by atoms with Crippen LogP contribution in [0.15, 0.2) is 109 Å². The second-order valence-electron chi connectivity index (χ2n) is 9.72. The fourth-order valence-corrected chi connectivity index (χ4v) is 4.82. The number of amides is 1. The number of rotatable bonds is 10. The van der Waals surface area contributed by atoms with Gasteiger partial charge in [0.25, 0.3) is 5.91 Å². The van der Waals surface area contributed by atoms with Gasteiger partial charge >= 0.3 is 17.9 Å². The molecule has 9 heteroatoms. The van der Waals surface area contributed by atoms with Gasteiger partial charge in [-0.2, -0.15) is 0 Å². The van der Waals surface area contributed by atoms with Crippen LogP contribution in [0.3, 0.4) is 0 Å². The Kier molecular flexibility index (Phi) is 8.15. The highest BCUT2D eigenvalue weighted by Crippen LogP contribution is 2.26. The smallest absolute Gasteiger partial charge is 0.336 e. The molecule has 0 saturated carbocycles. The Bertz CT molecular complexity index is 1840. The minimum atomic E-state index is -1.62. The van der Waals surface area contributed by atoms with Gasteiger partial charge in [0.05, 0.1) is 22.3 Å². The van der Waals surface area contributed by atoms with Gasteiger partial charge in [0.15, 0.2) is 0 Å². The highest BCUT2D eigenvalue weighted by atomic mass is 16.5. The zero-order valence-electron chi connectivity index (χ0n) is 22.6. The zero-order chi connectivity index (χ0) is 30.5. The van der Waals surface area contributed by atoms with E-state index in [9.17, 15) is 34.5 Å². The van der Waals surface area contributed by atoms with E-state index < -0.39 is 46.1 Å². The fourth-order valence-electron chi connectivity index (χ4n) is 4.82. The first-order valence-electron chi connectivity index (χ1n) is 13.2. The number of hydrogen-bond donors (Lipinski definition) is 3. The maximum atomic E-state index is 14.1. The third-order valence-corrected chi connectivity index (χ3v) is 6.88. The van der Waals surface area contributed by atoms with Gasteiger partial charge < -0.3 is 25.0 Å². The van der Waals surface area contributed by atoms with Crippen LogP contribution >= 0.6 is 0 Å². The summed E-state index contributed by atoms with van der Waals surface area (Å²) in [6.07, 6.45) is 0. The van der Waals surface area contributed by atoms with E-state index in [1.165, 1.54) is 4.90 Å². The number of hydrogen-bond acceptors (Lipinski definition) is 5. The third kappa shape index (κ3) is 6.36. The summed E-state index contributed by atoms with van der Waals surface area (Å²) in [6.45, 7) is 0.0976. The first kappa shape index (κ1) is 28.6. The van der Waals surface area contributed by atoms with E-state index >= 15 is 0 Å². The molecule has 0 atom stereocenters. The first-order valence-corrected chi connectivity index (χ1v) is 13.2. The third-order valence-electron chi connectivity index (χ3n) is 6.88. The molecule has 5 rings (SSSR count). The number of carboxylic acid groups (broad SMARTS) is 3. The van der Waals surface area contributed by atoms with Crippen molar-refractivity contribution in [3.8, 4) is 11.5 Å². The van der Waals surface area contributed by atoms with E-state index in [0.29, 0.717) is 23.1 Å². The van der Waals surface area contributed by atoms with Crippen LogP contribution < -0.4 is 4.74 Å². The number of fused-ring (bicyclic) bond motifs is 1. The molecule has 0 bridgehead atoms. The minimum Gasteiger partial charge on any atom is -0.478 e. The standard InChI is InChI=1S/C34H25NO8/c36-31(27-17-29(33(39)40)30(34(41)42)18-28(27)32(37)38)35(20-23-9-6-8-22-7-4-5-12-26(22)23)19-21-13-15-25(16-14-21)43-24-10-2-1-3-11-24/h1-18H,19-20H2,(H,37,38)(H,39,40)(H,41,42). The number of benzene rings is 5. The van der Waals surface area contributed by atoms with Crippen LogP contribution in [0, 0.1) is 0 Å². The summed E-state index contributed by atoms with van der Waals surface area (Å²) in [4.78, 5) is 51.2. The molecule has 43 heavy (non-hydrogen) atoms. The molecule has 0 aliphatic heterocycles. The number of carbonyl (C=O) groups excluding carboxylic acids is 1. The van der Waals surface area contributed by atoms with E-state index in [2.05, 4.69) is 0 Å². The second-order valence-corrected chi connectivity index (χ2v) is 9.72. The Morgan fingerprint density at radius 3 is 1.74 bits per heavy atom. The summed E-state index contributed by atoms with van der Waals surface area (Å²) in [5, 5.41) is 30.9. The predicted octanol–water partition coefficient (Wildman–Crippen LogP) is 6.57. The highest BCUT2D eigenvalue weighted by Gasteiger charge is 2.28. The van der Waals surface area contributed by atoms with Crippen LogP contribution in [0.2, 0.25) is 0 Å². The van der Waals surface area contributed by atoms with Crippen molar-refractivity contribution in [2.24, 2.45) is 0 Å². The molecule has 1 amide bonds. The van der Waals surface area contributed by atoms with Gasteiger partial charge in [0, 0.05) is 13.1 Å². The van der Waals surface area contributed by atoms with Gasteiger partial charge in [-0.05, 0) is 58.3 Å². The maximum Gasteiger partial charge on any atom is 0.336 e. The summed E-state index contributed by atoms with van der Waals surface area (Å²) in [6, 6.07) is 31.0. The number of para-hydroxylation sites is 1. The van der Waals surface area contributed by atoms with Crippen LogP contribution in [0.5, 0.6) is 11.5 Å². The van der Waals surface area contributed by atoms with Crippen molar-refractivity contribution in [1.82, 2.24) is 4.90 Å². The van der Waals surface area contributed by atoms with E-state index in [1.54, 1.807) is 24.3 Å². The molecule has 0 saturated heterocycles. The van der Waals surface area contributed by atoms with Gasteiger partial charge in [-0.25, -0.2) is 14.4 Å². The maximum absolute atomic E-state index is 14.1. The lowest BCUT2D eigenvalue weighted by atomic mass is 9.96. The number of carbonyl (C=O) groups is 4. The van der Waals surface area contributed by atoms with Gasteiger partial charge in [-0.15, -0.1) is 0 Å². The molecule has 5 aromatic carbocycles. The summed E-state index contributed by atoms with van der Waals surface area (Å²) in [7, 11) is 0. The molecule has 214 valence electrons. The van der Waals surface area contributed by atoms with Crippen LogP contribution in [-0.2, 0) is 13.1 Å². The number of nitrogens with zero attached hydrogens (tertiary/aromatic N) is 1. The Morgan fingerprint density at radius 2 is 1.09 bits per heavy atom. The van der Waals surface area contributed by atoms with Crippen molar-refractivity contribution in [2.45, 2.75) is 13.1 Å². The van der Waals surface area contributed by atoms with E-state index in [-0.39, 0.29) is 13.1 Å².